The molecule has 0 spiro atoms. The number of nitrogens with one attached hydrogen (secondary N) is 1. The summed E-state index contributed by atoms with van der Waals surface area (Å²) < 4.78 is 0. The number of hydrogen-bond acceptors (Lipinski definition) is 2. The Hall–Kier alpha value is -0.710. The summed E-state index contributed by atoms with van der Waals surface area (Å²) in [6.45, 7) is 1.37. The van der Waals surface area contributed by atoms with Crippen molar-refractivity contribution in [2.24, 2.45) is 5.73 Å². The van der Waals surface area contributed by atoms with Gasteiger partial charge < -0.3 is 15.6 Å². The van der Waals surface area contributed by atoms with Gasteiger partial charge in [0.2, 0.25) is 0 Å². The van der Waals surface area contributed by atoms with Gasteiger partial charge in [-0.05, 0) is 12.5 Å². The maximum absolute atomic E-state index is 11.8. The molecule has 4 nitrogen and oxygen atoms in total. The Kier molecular flexibility index (Phi) is 4.02. The normalized spacial score (nSPS) is 20.1. The van der Waals surface area contributed by atoms with Crippen LogP contribution in [0.1, 0.15) is 16.9 Å². The highest BCUT2D eigenvalue weighted by Gasteiger charge is 2.25. The molecule has 1 fully saturated rings. The average molecular weight is 250 g/mol. The summed E-state index contributed by atoms with van der Waals surface area (Å²) in [4.78, 5) is 16.4. The third-order valence-electron chi connectivity index (χ3n) is 2.39. The number of nitrogens with two attached hydrogens (primary N) is 1. The summed E-state index contributed by atoms with van der Waals surface area (Å²) in [5, 5.41) is 0.553. The van der Waals surface area contributed by atoms with Crippen LogP contribution in [0.5, 0.6) is 0 Å². The summed E-state index contributed by atoms with van der Waals surface area (Å²) in [5.41, 5.74) is 6.25. The molecule has 0 bridgehead atoms. The number of aromatic nitrogens is 1. The molecule has 2 heterocycles. The van der Waals surface area contributed by atoms with E-state index in [1.54, 1.807) is 17.2 Å². The smallest absolute Gasteiger partial charge is 0.270 e. The van der Waals surface area contributed by atoms with E-state index >= 15 is 0 Å². The molecule has 0 saturated carbocycles. The van der Waals surface area contributed by atoms with Gasteiger partial charge >= 0.3 is 0 Å². The lowest BCUT2D eigenvalue weighted by molar-refractivity contribution is 0.0786. The molecule has 0 aliphatic carbocycles. The predicted octanol–water partition coefficient (Wildman–Crippen LogP) is 1.26. The van der Waals surface area contributed by atoms with Gasteiger partial charge in [-0.15, -0.1) is 12.4 Å². The monoisotopic (exact) mass is 249 g/mol. The van der Waals surface area contributed by atoms with E-state index in [9.17, 15) is 4.79 Å². The minimum Gasteiger partial charge on any atom is -0.356 e. The number of nitrogens with zero attached hydrogens (tertiary/aromatic N) is 1. The van der Waals surface area contributed by atoms with Crippen LogP contribution in [0, 0.1) is 0 Å². The number of aromatic amines is 1. The van der Waals surface area contributed by atoms with Crippen LogP contribution in [0.3, 0.4) is 0 Å². The Bertz CT molecular complexity index is 353. The highest BCUT2D eigenvalue weighted by atomic mass is 35.5. The lowest BCUT2D eigenvalue weighted by atomic mass is 10.3. The van der Waals surface area contributed by atoms with Crippen molar-refractivity contribution in [3.05, 3.63) is 23.0 Å². The Labute approximate surface area is 99.2 Å². The molecular formula is C9H13Cl2N3O. The van der Waals surface area contributed by atoms with Crippen molar-refractivity contribution in [3.63, 3.8) is 0 Å². The second-order valence-electron chi connectivity index (χ2n) is 3.53. The van der Waals surface area contributed by atoms with Crippen molar-refractivity contribution in [2.45, 2.75) is 12.5 Å². The van der Waals surface area contributed by atoms with Crippen LogP contribution in [0.15, 0.2) is 12.3 Å². The Morgan fingerprint density at radius 1 is 1.67 bits per heavy atom. The molecule has 84 valence electrons. The molecule has 2 rings (SSSR count). The van der Waals surface area contributed by atoms with E-state index in [0.29, 0.717) is 17.3 Å². The maximum Gasteiger partial charge on any atom is 0.270 e. The number of halogens is 2. The molecule has 15 heavy (non-hydrogen) atoms. The maximum atomic E-state index is 11.8. The van der Waals surface area contributed by atoms with E-state index in [4.69, 9.17) is 17.3 Å². The molecule has 1 atom stereocenters. The molecular weight excluding hydrogens is 237 g/mol. The highest BCUT2D eigenvalue weighted by molar-refractivity contribution is 6.30. The van der Waals surface area contributed by atoms with Crippen LogP contribution in [0.25, 0.3) is 0 Å². The Morgan fingerprint density at radius 2 is 2.40 bits per heavy atom. The fraction of sp³-hybridized carbons (Fsp3) is 0.444. The van der Waals surface area contributed by atoms with Crippen molar-refractivity contribution in [1.29, 1.82) is 0 Å². The average Bonchev–Trinajstić information content (AvgIpc) is 2.73. The number of carbonyl (C=O) groups excluding carboxylic acids is 1. The van der Waals surface area contributed by atoms with Crippen molar-refractivity contribution in [1.82, 2.24) is 9.88 Å². The van der Waals surface area contributed by atoms with Gasteiger partial charge in [-0.2, -0.15) is 0 Å². The van der Waals surface area contributed by atoms with E-state index in [0.717, 1.165) is 13.0 Å². The number of H-pyrrole nitrogens is 1. The molecule has 0 radical (unpaired) electrons. The third-order valence-corrected chi connectivity index (χ3v) is 2.61. The molecule has 0 unspecified atom stereocenters. The van der Waals surface area contributed by atoms with Crippen LogP contribution < -0.4 is 5.73 Å². The first-order chi connectivity index (χ1) is 6.66. The second-order valence-corrected chi connectivity index (χ2v) is 3.97. The third kappa shape index (κ3) is 2.65. The minimum absolute atomic E-state index is 0. The molecule has 1 saturated heterocycles. The van der Waals surface area contributed by atoms with Crippen LogP contribution in [0.2, 0.25) is 5.02 Å². The lowest BCUT2D eigenvalue weighted by Crippen LogP contribution is -2.32. The lowest BCUT2D eigenvalue weighted by Gasteiger charge is -2.14. The molecule has 1 aromatic rings. The zero-order valence-corrected chi connectivity index (χ0v) is 9.64. The van der Waals surface area contributed by atoms with Crippen molar-refractivity contribution in [3.8, 4) is 0 Å². The predicted molar refractivity (Wildman–Crippen MR) is 61.5 cm³/mol. The first kappa shape index (κ1) is 12.4. The van der Waals surface area contributed by atoms with E-state index in [-0.39, 0.29) is 24.4 Å². The summed E-state index contributed by atoms with van der Waals surface area (Å²) in [5.74, 6) is -0.0233. The van der Waals surface area contributed by atoms with Crippen LogP contribution in [-0.4, -0.2) is 34.9 Å². The summed E-state index contributed by atoms with van der Waals surface area (Å²) in [7, 11) is 0. The number of amides is 1. The van der Waals surface area contributed by atoms with Crippen LogP contribution >= 0.6 is 24.0 Å². The number of hydrogen-bond donors (Lipinski definition) is 2. The highest BCUT2D eigenvalue weighted by Crippen LogP contribution is 2.14. The van der Waals surface area contributed by atoms with Gasteiger partial charge in [0, 0.05) is 25.3 Å². The zero-order chi connectivity index (χ0) is 10.1. The summed E-state index contributed by atoms with van der Waals surface area (Å²) in [6.07, 6.45) is 2.48. The quantitative estimate of drug-likeness (QED) is 0.788. The number of likely N-dealkylation sites (tertiary alicyclic amines) is 1. The standard InChI is InChI=1S/C9H12ClN3O.ClH/c10-6-3-8(12-4-6)9(14)13-2-1-7(11)5-13;/h3-4,7,12H,1-2,5,11H2;1H/t7-;/m0./s1. The van der Waals surface area contributed by atoms with Crippen LogP contribution in [-0.2, 0) is 0 Å². The molecule has 0 aromatic carbocycles. The van der Waals surface area contributed by atoms with E-state index in [2.05, 4.69) is 4.98 Å². The van der Waals surface area contributed by atoms with Crippen LogP contribution in [0.4, 0.5) is 0 Å². The fourth-order valence-electron chi connectivity index (χ4n) is 1.63. The summed E-state index contributed by atoms with van der Waals surface area (Å²) in [6, 6.07) is 1.75. The topological polar surface area (TPSA) is 62.1 Å². The molecule has 3 N–H and O–H groups in total. The van der Waals surface area contributed by atoms with Gasteiger partial charge in [0.25, 0.3) is 5.91 Å². The Balaban J connectivity index is 0.00000112. The largest absolute Gasteiger partial charge is 0.356 e. The van der Waals surface area contributed by atoms with E-state index in [1.165, 1.54) is 0 Å². The van der Waals surface area contributed by atoms with Crippen molar-refractivity contribution in [2.75, 3.05) is 13.1 Å². The SMILES string of the molecule is Cl.N[C@H]1CCN(C(=O)c2cc(Cl)c[nH]2)C1. The number of carbonyl (C=O) groups is 1. The first-order valence-electron chi connectivity index (χ1n) is 4.55. The molecule has 1 amide bonds. The Morgan fingerprint density at radius 3 is 2.87 bits per heavy atom. The number of rotatable bonds is 1. The summed E-state index contributed by atoms with van der Waals surface area (Å²) >= 11 is 5.71. The first-order valence-corrected chi connectivity index (χ1v) is 4.93. The van der Waals surface area contributed by atoms with E-state index in [1.807, 2.05) is 0 Å². The van der Waals surface area contributed by atoms with E-state index < -0.39 is 0 Å². The molecule has 6 heteroatoms. The van der Waals surface area contributed by atoms with Gasteiger partial charge in [-0.3, -0.25) is 4.79 Å². The zero-order valence-electron chi connectivity index (χ0n) is 8.07. The van der Waals surface area contributed by atoms with Gasteiger partial charge in [-0.1, -0.05) is 11.6 Å². The van der Waals surface area contributed by atoms with Gasteiger partial charge in [-0.25, -0.2) is 0 Å². The molecule has 1 aromatic heterocycles. The van der Waals surface area contributed by atoms with Gasteiger partial charge in [0.05, 0.1) is 5.02 Å². The molecule has 1 aliphatic rings. The van der Waals surface area contributed by atoms with Crippen molar-refractivity contribution >= 4 is 29.9 Å². The minimum atomic E-state index is -0.0233. The second kappa shape index (κ2) is 4.88. The molecule has 1 aliphatic heterocycles. The van der Waals surface area contributed by atoms with Crippen molar-refractivity contribution < 1.29 is 4.79 Å². The fourth-order valence-corrected chi connectivity index (χ4v) is 1.80. The van der Waals surface area contributed by atoms with Gasteiger partial charge in [0.1, 0.15) is 5.69 Å². The van der Waals surface area contributed by atoms with Gasteiger partial charge in [0.15, 0.2) is 0 Å².